The van der Waals surface area contributed by atoms with Gasteiger partial charge in [0.2, 0.25) is 5.91 Å². The molecule has 0 saturated carbocycles. The number of ether oxygens (including phenoxy) is 1. The summed E-state index contributed by atoms with van der Waals surface area (Å²) < 4.78 is 5.25. The highest BCUT2D eigenvalue weighted by molar-refractivity contribution is 7.80. The van der Waals surface area contributed by atoms with Crippen LogP contribution in [0.15, 0.2) is 42.5 Å². The molecule has 0 aromatic heterocycles. The molecule has 0 unspecified atom stereocenters. The molecule has 0 bridgehead atoms. The SMILES string of the molecule is COc1ccccc1/C=C/C(=O)NC(=S)Nc1c(C)cc(C)cc1C. The molecule has 0 aliphatic rings. The van der Waals surface area contributed by atoms with Crippen molar-refractivity contribution >= 4 is 35.0 Å². The lowest BCUT2D eigenvalue weighted by Crippen LogP contribution is -2.33. The van der Waals surface area contributed by atoms with Gasteiger partial charge >= 0.3 is 0 Å². The van der Waals surface area contributed by atoms with Gasteiger partial charge in [0.1, 0.15) is 5.75 Å². The molecular formula is C20H22N2O2S. The summed E-state index contributed by atoms with van der Waals surface area (Å²) in [4.78, 5) is 12.1. The number of hydrogen-bond donors (Lipinski definition) is 2. The van der Waals surface area contributed by atoms with Crippen molar-refractivity contribution in [2.24, 2.45) is 0 Å². The Morgan fingerprint density at radius 2 is 1.76 bits per heavy atom. The first-order chi connectivity index (χ1) is 11.9. The molecule has 2 rings (SSSR count). The van der Waals surface area contributed by atoms with E-state index in [4.69, 9.17) is 17.0 Å². The minimum atomic E-state index is -0.300. The summed E-state index contributed by atoms with van der Waals surface area (Å²) >= 11 is 5.24. The Hall–Kier alpha value is -2.66. The summed E-state index contributed by atoms with van der Waals surface area (Å²) in [6, 6.07) is 11.6. The lowest BCUT2D eigenvalue weighted by atomic mass is 10.1. The van der Waals surface area contributed by atoms with Gasteiger partial charge in [-0.1, -0.05) is 35.9 Å². The standard InChI is InChI=1S/C20H22N2O2S/c1-13-11-14(2)19(15(3)12-13)22-20(25)21-18(23)10-9-16-7-5-6-8-17(16)24-4/h5-12H,1-4H3,(H2,21,22,23,25)/b10-9+. The van der Waals surface area contributed by atoms with E-state index in [0.717, 1.165) is 22.4 Å². The van der Waals surface area contributed by atoms with E-state index in [9.17, 15) is 4.79 Å². The molecule has 0 spiro atoms. The molecule has 2 N–H and O–H groups in total. The normalized spacial score (nSPS) is 10.6. The van der Waals surface area contributed by atoms with Crippen molar-refractivity contribution in [1.82, 2.24) is 5.32 Å². The second kappa shape index (κ2) is 8.44. The van der Waals surface area contributed by atoms with E-state index in [-0.39, 0.29) is 11.0 Å². The summed E-state index contributed by atoms with van der Waals surface area (Å²) in [6.07, 6.45) is 3.12. The Balaban J connectivity index is 2.01. The van der Waals surface area contributed by atoms with Crippen LogP contribution in [0.3, 0.4) is 0 Å². The molecule has 0 saturated heterocycles. The van der Waals surface area contributed by atoms with E-state index in [1.165, 1.54) is 11.6 Å². The summed E-state index contributed by atoms with van der Waals surface area (Å²) in [5.41, 5.74) is 5.10. The van der Waals surface area contributed by atoms with Gasteiger partial charge < -0.3 is 10.1 Å². The number of hydrogen-bond acceptors (Lipinski definition) is 3. The number of thiocarbonyl (C=S) groups is 1. The molecule has 0 fully saturated rings. The number of nitrogens with one attached hydrogen (secondary N) is 2. The third kappa shape index (κ3) is 5.16. The first-order valence-electron chi connectivity index (χ1n) is 7.91. The molecule has 5 heteroatoms. The van der Waals surface area contributed by atoms with Crippen molar-refractivity contribution in [3.8, 4) is 5.75 Å². The second-order valence-electron chi connectivity index (χ2n) is 5.79. The monoisotopic (exact) mass is 354 g/mol. The summed E-state index contributed by atoms with van der Waals surface area (Å²) in [7, 11) is 1.60. The number of rotatable bonds is 4. The highest BCUT2D eigenvalue weighted by atomic mass is 32.1. The molecule has 4 nitrogen and oxygen atoms in total. The zero-order chi connectivity index (χ0) is 18.4. The number of carbonyl (C=O) groups excluding carboxylic acids is 1. The van der Waals surface area contributed by atoms with Crippen LogP contribution in [0.25, 0.3) is 6.08 Å². The molecular weight excluding hydrogens is 332 g/mol. The molecule has 0 atom stereocenters. The van der Waals surface area contributed by atoms with E-state index < -0.39 is 0 Å². The first-order valence-corrected chi connectivity index (χ1v) is 8.32. The largest absolute Gasteiger partial charge is 0.496 e. The van der Waals surface area contributed by atoms with E-state index in [0.29, 0.717) is 5.75 Å². The highest BCUT2D eigenvalue weighted by Crippen LogP contribution is 2.22. The Kier molecular flexibility index (Phi) is 6.31. The van der Waals surface area contributed by atoms with Crippen LogP contribution in [0.1, 0.15) is 22.3 Å². The average molecular weight is 354 g/mol. The first kappa shape index (κ1) is 18.7. The van der Waals surface area contributed by atoms with Crippen molar-refractivity contribution in [2.75, 3.05) is 12.4 Å². The van der Waals surface area contributed by atoms with Gasteiger partial charge in [-0.15, -0.1) is 0 Å². The van der Waals surface area contributed by atoms with Gasteiger partial charge in [0.05, 0.1) is 7.11 Å². The third-order valence-electron chi connectivity index (χ3n) is 3.71. The molecule has 2 aromatic carbocycles. The molecule has 0 radical (unpaired) electrons. The zero-order valence-corrected chi connectivity index (χ0v) is 15.7. The molecule has 0 aliphatic carbocycles. The van der Waals surface area contributed by atoms with Gasteiger partial charge in [-0.25, -0.2) is 0 Å². The van der Waals surface area contributed by atoms with Crippen molar-refractivity contribution in [1.29, 1.82) is 0 Å². The van der Waals surface area contributed by atoms with Gasteiger partial charge in [-0.3, -0.25) is 10.1 Å². The second-order valence-corrected chi connectivity index (χ2v) is 6.20. The molecule has 0 aliphatic heterocycles. The fraction of sp³-hybridized carbons (Fsp3) is 0.200. The van der Waals surface area contributed by atoms with Crippen LogP contribution >= 0.6 is 12.2 Å². The third-order valence-corrected chi connectivity index (χ3v) is 3.91. The Morgan fingerprint density at radius 1 is 1.12 bits per heavy atom. The Morgan fingerprint density at radius 3 is 2.40 bits per heavy atom. The predicted octanol–water partition coefficient (Wildman–Crippen LogP) is 4.15. The molecule has 1 amide bonds. The Bertz CT molecular complexity index is 805. The number of carbonyl (C=O) groups is 1. The van der Waals surface area contributed by atoms with E-state index in [1.807, 2.05) is 45.0 Å². The van der Waals surface area contributed by atoms with Crippen molar-refractivity contribution in [3.05, 3.63) is 64.7 Å². The number of anilines is 1. The van der Waals surface area contributed by atoms with Gasteiger partial charge in [0, 0.05) is 17.3 Å². The number of benzene rings is 2. The Labute approximate surface area is 153 Å². The maximum atomic E-state index is 12.1. The van der Waals surface area contributed by atoms with Gasteiger partial charge in [-0.05, 0) is 56.3 Å². The number of amides is 1. The van der Waals surface area contributed by atoms with Crippen molar-refractivity contribution in [3.63, 3.8) is 0 Å². The lowest BCUT2D eigenvalue weighted by Gasteiger charge is -2.14. The number of methoxy groups -OCH3 is 1. The van der Waals surface area contributed by atoms with Gasteiger partial charge in [-0.2, -0.15) is 0 Å². The van der Waals surface area contributed by atoms with Crippen molar-refractivity contribution < 1.29 is 9.53 Å². The maximum absolute atomic E-state index is 12.1. The molecule has 0 heterocycles. The van der Waals surface area contributed by atoms with Gasteiger partial charge in [0.25, 0.3) is 0 Å². The maximum Gasteiger partial charge on any atom is 0.250 e. The fourth-order valence-corrected chi connectivity index (χ4v) is 2.85. The summed E-state index contributed by atoms with van der Waals surface area (Å²) in [5.74, 6) is 0.406. The quantitative estimate of drug-likeness (QED) is 0.640. The predicted molar refractivity (Wildman–Crippen MR) is 107 cm³/mol. The van der Waals surface area contributed by atoms with Crippen molar-refractivity contribution in [2.45, 2.75) is 20.8 Å². The topological polar surface area (TPSA) is 50.4 Å². The number of aryl methyl sites for hydroxylation is 3. The van der Waals surface area contributed by atoms with Crippen LogP contribution in [0.5, 0.6) is 5.75 Å². The number of para-hydroxylation sites is 1. The van der Waals surface area contributed by atoms with Crippen LogP contribution < -0.4 is 15.4 Å². The van der Waals surface area contributed by atoms with Crippen LogP contribution in [0.2, 0.25) is 0 Å². The van der Waals surface area contributed by atoms with Gasteiger partial charge in [0.15, 0.2) is 5.11 Å². The zero-order valence-electron chi connectivity index (χ0n) is 14.8. The fourth-order valence-electron chi connectivity index (χ4n) is 2.65. The molecule has 25 heavy (non-hydrogen) atoms. The van der Waals surface area contributed by atoms with Crippen LogP contribution in [0, 0.1) is 20.8 Å². The van der Waals surface area contributed by atoms with E-state index >= 15 is 0 Å². The van der Waals surface area contributed by atoms with Crippen LogP contribution in [-0.2, 0) is 4.79 Å². The van der Waals surface area contributed by atoms with Crippen LogP contribution in [-0.4, -0.2) is 18.1 Å². The van der Waals surface area contributed by atoms with Crippen LogP contribution in [0.4, 0.5) is 5.69 Å². The minimum Gasteiger partial charge on any atom is -0.496 e. The average Bonchev–Trinajstić information content (AvgIpc) is 2.56. The van der Waals surface area contributed by atoms with E-state index in [2.05, 4.69) is 22.8 Å². The summed E-state index contributed by atoms with van der Waals surface area (Å²) in [6.45, 7) is 6.06. The smallest absolute Gasteiger partial charge is 0.250 e. The summed E-state index contributed by atoms with van der Waals surface area (Å²) in [5, 5.41) is 6.03. The van der Waals surface area contributed by atoms with E-state index in [1.54, 1.807) is 13.2 Å². The minimum absolute atomic E-state index is 0.268. The highest BCUT2D eigenvalue weighted by Gasteiger charge is 2.07. The lowest BCUT2D eigenvalue weighted by molar-refractivity contribution is -0.115. The molecule has 2 aromatic rings. The molecule has 130 valence electrons.